The number of Topliss-reactive ketones (excluding diaryl/α,β-unsaturated/α-hetero) is 1. The second-order valence-electron chi connectivity index (χ2n) is 8.70. The van der Waals surface area contributed by atoms with Gasteiger partial charge in [0.15, 0.2) is 5.78 Å². The largest absolute Gasteiger partial charge is 0.368 e. The second-order valence-corrected chi connectivity index (χ2v) is 8.70. The molecule has 12 nitrogen and oxygen atoms in total. The molecule has 0 aliphatic rings. The van der Waals surface area contributed by atoms with E-state index in [0.29, 0.717) is 45.1 Å². The molecule has 0 heterocycles. The number of nitrogens with two attached hydrogens (primary N) is 2. The summed E-state index contributed by atoms with van der Waals surface area (Å²) in [5.74, 6) is -1.99. The molecule has 1 aromatic rings. The van der Waals surface area contributed by atoms with Crippen molar-refractivity contribution < 1.29 is 24.0 Å². The maximum Gasteiger partial charge on any atom is 0.322 e. The molecule has 1 rings (SSSR count). The molecule has 0 aliphatic heterocycles. The van der Waals surface area contributed by atoms with Crippen LogP contribution in [0.1, 0.15) is 44.6 Å². The first-order valence-electron chi connectivity index (χ1n) is 12.6. The average Bonchev–Trinajstić information content (AvgIpc) is 2.88. The first-order valence-corrected chi connectivity index (χ1v) is 12.6. The fourth-order valence-electron chi connectivity index (χ4n) is 3.63. The van der Waals surface area contributed by atoms with Gasteiger partial charge in [-0.05, 0) is 51.3 Å². The summed E-state index contributed by atoms with van der Waals surface area (Å²) < 4.78 is 0. The highest BCUT2D eigenvalue weighted by molar-refractivity contribution is 5.99. The summed E-state index contributed by atoms with van der Waals surface area (Å²) in [5, 5.41) is 13.1. The van der Waals surface area contributed by atoms with E-state index in [2.05, 4.69) is 26.6 Å². The van der Waals surface area contributed by atoms with Crippen molar-refractivity contribution in [3.8, 4) is 0 Å². The van der Waals surface area contributed by atoms with Crippen molar-refractivity contribution in [1.82, 2.24) is 26.6 Å². The van der Waals surface area contributed by atoms with Gasteiger partial charge >= 0.3 is 6.03 Å². The molecule has 37 heavy (non-hydrogen) atoms. The Balaban J connectivity index is 2.75. The Morgan fingerprint density at radius 3 is 2.19 bits per heavy atom. The van der Waals surface area contributed by atoms with Crippen molar-refractivity contribution in [1.29, 1.82) is 0 Å². The van der Waals surface area contributed by atoms with E-state index in [9.17, 15) is 24.0 Å². The number of rotatable bonds is 18. The van der Waals surface area contributed by atoms with Crippen molar-refractivity contribution >= 4 is 29.5 Å². The third kappa shape index (κ3) is 13.0. The molecule has 0 radical (unpaired) electrons. The molecule has 1 aromatic carbocycles. The van der Waals surface area contributed by atoms with Crippen LogP contribution in [0.5, 0.6) is 0 Å². The van der Waals surface area contributed by atoms with Crippen LogP contribution in [-0.2, 0) is 25.6 Å². The van der Waals surface area contributed by atoms with Crippen LogP contribution in [0.4, 0.5) is 4.79 Å². The Morgan fingerprint density at radius 1 is 0.892 bits per heavy atom. The Hall–Kier alpha value is -3.35. The van der Waals surface area contributed by atoms with Gasteiger partial charge in [0, 0.05) is 0 Å². The Bertz CT molecular complexity index is 881. The molecule has 2 unspecified atom stereocenters. The van der Waals surface area contributed by atoms with Crippen LogP contribution in [-0.4, -0.2) is 74.3 Å². The SMILES string of the molecule is CCCC(NCC(=O)C(CCCCN)NC(=O)NC(=O)[C@H](Cc1ccccc1)NC)C(=O)NCC(N)=O. The van der Waals surface area contributed by atoms with Crippen LogP contribution in [0, 0.1) is 0 Å². The lowest BCUT2D eigenvalue weighted by molar-refractivity contribution is -0.127. The predicted octanol–water partition coefficient (Wildman–Crippen LogP) is -0.931. The Labute approximate surface area is 218 Å². The Morgan fingerprint density at radius 2 is 1.59 bits per heavy atom. The van der Waals surface area contributed by atoms with Gasteiger partial charge in [-0.15, -0.1) is 0 Å². The number of hydrogen-bond donors (Lipinski definition) is 7. The van der Waals surface area contributed by atoms with Crippen molar-refractivity contribution in [2.75, 3.05) is 26.7 Å². The second kappa shape index (κ2) is 18.0. The molecule has 206 valence electrons. The number of carbonyl (C=O) groups is 5. The molecule has 0 saturated heterocycles. The van der Waals surface area contributed by atoms with Crippen LogP contribution < -0.4 is 38.1 Å². The molecule has 0 aliphatic carbocycles. The number of ketones is 1. The van der Waals surface area contributed by atoms with Gasteiger partial charge in [-0.2, -0.15) is 0 Å². The van der Waals surface area contributed by atoms with Gasteiger partial charge in [-0.3, -0.25) is 29.8 Å². The van der Waals surface area contributed by atoms with E-state index < -0.39 is 41.9 Å². The number of urea groups is 1. The van der Waals surface area contributed by atoms with Gasteiger partial charge < -0.3 is 27.4 Å². The molecule has 0 aromatic heterocycles. The zero-order valence-corrected chi connectivity index (χ0v) is 21.7. The van der Waals surface area contributed by atoms with E-state index in [1.54, 1.807) is 7.05 Å². The number of likely N-dealkylation sites (N-methyl/N-ethyl adjacent to an activating group) is 1. The quantitative estimate of drug-likeness (QED) is 0.121. The maximum atomic E-state index is 12.9. The summed E-state index contributed by atoms with van der Waals surface area (Å²) in [6, 6.07) is 6.36. The third-order valence-corrected chi connectivity index (χ3v) is 5.68. The molecule has 0 spiro atoms. The van der Waals surface area contributed by atoms with Crippen LogP contribution >= 0.6 is 0 Å². The molecular weight excluding hydrogens is 478 g/mol. The van der Waals surface area contributed by atoms with Crippen LogP contribution in [0.2, 0.25) is 0 Å². The lowest BCUT2D eigenvalue weighted by Crippen LogP contribution is -2.54. The number of carbonyl (C=O) groups excluding carboxylic acids is 5. The molecule has 5 amide bonds. The highest BCUT2D eigenvalue weighted by atomic mass is 16.2. The first-order chi connectivity index (χ1) is 17.7. The van der Waals surface area contributed by atoms with E-state index in [1.165, 1.54) is 0 Å². The van der Waals surface area contributed by atoms with Crippen LogP contribution in [0.25, 0.3) is 0 Å². The summed E-state index contributed by atoms with van der Waals surface area (Å²) in [5.41, 5.74) is 11.6. The lowest BCUT2D eigenvalue weighted by atomic mass is 10.0. The predicted molar refractivity (Wildman–Crippen MR) is 140 cm³/mol. The van der Waals surface area contributed by atoms with Crippen LogP contribution in [0.15, 0.2) is 30.3 Å². The minimum absolute atomic E-state index is 0.191. The standard InChI is InChI=1S/C25H41N7O5/c1-3-9-19(23(35)30-16-22(27)34)29-15-21(33)18(12-7-8-13-26)31-25(37)32-24(36)20(28-2)14-17-10-5-4-6-11-17/h4-6,10-11,18-20,28-29H,3,7-9,12-16,26H2,1-2H3,(H2,27,34)(H,30,35)(H2,31,32,36,37)/t18?,19?,20-/m0/s1. The van der Waals surface area contributed by atoms with E-state index >= 15 is 0 Å². The summed E-state index contributed by atoms with van der Waals surface area (Å²) in [6.07, 6.45) is 3.05. The monoisotopic (exact) mass is 519 g/mol. The van der Waals surface area contributed by atoms with E-state index in [0.717, 1.165) is 5.56 Å². The number of benzene rings is 1. The first kappa shape index (κ1) is 31.7. The zero-order chi connectivity index (χ0) is 27.6. The molecule has 0 fully saturated rings. The van der Waals surface area contributed by atoms with Crippen molar-refractivity contribution in [3.63, 3.8) is 0 Å². The number of unbranched alkanes of at least 4 members (excludes halogenated alkanes) is 1. The minimum Gasteiger partial charge on any atom is -0.368 e. The van der Waals surface area contributed by atoms with Crippen molar-refractivity contribution in [2.24, 2.45) is 11.5 Å². The summed E-state index contributed by atoms with van der Waals surface area (Å²) in [7, 11) is 1.63. The highest BCUT2D eigenvalue weighted by Gasteiger charge is 2.25. The number of nitrogens with one attached hydrogen (secondary N) is 5. The maximum absolute atomic E-state index is 12.9. The summed E-state index contributed by atoms with van der Waals surface area (Å²) in [6.45, 7) is 1.83. The van der Waals surface area contributed by atoms with Gasteiger partial charge in [-0.25, -0.2) is 4.79 Å². The van der Waals surface area contributed by atoms with Gasteiger partial charge in [-0.1, -0.05) is 43.7 Å². The molecule has 9 N–H and O–H groups in total. The van der Waals surface area contributed by atoms with Gasteiger partial charge in [0.25, 0.3) is 0 Å². The summed E-state index contributed by atoms with van der Waals surface area (Å²) >= 11 is 0. The van der Waals surface area contributed by atoms with Gasteiger partial charge in [0.2, 0.25) is 17.7 Å². The smallest absolute Gasteiger partial charge is 0.322 e. The molecule has 3 atom stereocenters. The number of imide groups is 1. The topological polar surface area (TPSA) is 198 Å². The number of amides is 5. The van der Waals surface area contributed by atoms with Crippen LogP contribution in [0.3, 0.4) is 0 Å². The number of primary amides is 1. The van der Waals surface area contributed by atoms with Crippen molar-refractivity contribution in [2.45, 2.75) is 63.6 Å². The fraction of sp³-hybridized carbons (Fsp3) is 0.560. The molecule has 12 heteroatoms. The van der Waals surface area contributed by atoms with E-state index in [1.807, 2.05) is 37.3 Å². The fourth-order valence-corrected chi connectivity index (χ4v) is 3.63. The van der Waals surface area contributed by atoms with Gasteiger partial charge in [0.05, 0.1) is 31.2 Å². The molecule has 0 bridgehead atoms. The normalized spacial score (nSPS) is 13.2. The lowest BCUT2D eigenvalue weighted by Gasteiger charge is -2.22. The Kier molecular flexibility index (Phi) is 15.4. The number of hydrogen-bond acceptors (Lipinski definition) is 8. The third-order valence-electron chi connectivity index (χ3n) is 5.68. The van der Waals surface area contributed by atoms with E-state index in [-0.39, 0.29) is 18.9 Å². The minimum atomic E-state index is -0.884. The van der Waals surface area contributed by atoms with E-state index in [4.69, 9.17) is 11.5 Å². The summed E-state index contributed by atoms with van der Waals surface area (Å²) in [4.78, 5) is 61.5. The molecule has 0 saturated carbocycles. The average molecular weight is 520 g/mol. The highest BCUT2D eigenvalue weighted by Crippen LogP contribution is 2.05. The zero-order valence-electron chi connectivity index (χ0n) is 21.7. The van der Waals surface area contributed by atoms with Crippen molar-refractivity contribution in [3.05, 3.63) is 35.9 Å². The molecular formula is C25H41N7O5. The van der Waals surface area contributed by atoms with Gasteiger partial charge in [0.1, 0.15) is 0 Å².